The summed E-state index contributed by atoms with van der Waals surface area (Å²) in [6.45, 7) is 0.963. The Morgan fingerprint density at radius 2 is 1.77 bits per heavy atom. The molecular formula is C26H24N4O5. The van der Waals surface area contributed by atoms with Crippen LogP contribution in [0.25, 0.3) is 0 Å². The second-order valence-corrected chi connectivity index (χ2v) is 7.95. The van der Waals surface area contributed by atoms with E-state index >= 15 is 0 Å². The zero-order valence-corrected chi connectivity index (χ0v) is 19.1. The summed E-state index contributed by atoms with van der Waals surface area (Å²) >= 11 is 0. The lowest BCUT2D eigenvalue weighted by molar-refractivity contribution is 0.0638. The van der Waals surface area contributed by atoms with Crippen LogP contribution in [0.4, 0.5) is 5.69 Å². The lowest BCUT2D eigenvalue weighted by Crippen LogP contribution is -2.31. The van der Waals surface area contributed by atoms with Gasteiger partial charge in [0.05, 0.1) is 16.7 Å². The number of benzene rings is 2. The van der Waals surface area contributed by atoms with Crippen LogP contribution in [-0.2, 0) is 11.3 Å². The molecule has 0 aliphatic carbocycles. The van der Waals surface area contributed by atoms with Crippen molar-refractivity contribution in [2.45, 2.75) is 13.0 Å². The van der Waals surface area contributed by atoms with E-state index in [-0.39, 0.29) is 41.6 Å². The molecule has 2 N–H and O–H groups in total. The second kappa shape index (κ2) is 10.7. The average Bonchev–Trinajstić information content (AvgIpc) is 3.12. The van der Waals surface area contributed by atoms with Crippen LogP contribution in [0.5, 0.6) is 0 Å². The molecule has 1 aliphatic heterocycles. The van der Waals surface area contributed by atoms with Gasteiger partial charge in [-0.05, 0) is 54.4 Å². The summed E-state index contributed by atoms with van der Waals surface area (Å²) in [5, 5.41) is 5.61. The van der Waals surface area contributed by atoms with Crippen LogP contribution in [0.15, 0.2) is 67.0 Å². The molecule has 3 aromatic rings. The normalized spacial score (nSPS) is 12.4. The maximum absolute atomic E-state index is 12.8. The third-order valence-electron chi connectivity index (χ3n) is 5.52. The van der Waals surface area contributed by atoms with Gasteiger partial charge in [0, 0.05) is 50.5 Å². The molecule has 1 aliphatic rings. The fourth-order valence-corrected chi connectivity index (χ4v) is 3.75. The molecule has 1 aromatic heterocycles. The van der Waals surface area contributed by atoms with E-state index in [1.165, 1.54) is 29.3 Å². The van der Waals surface area contributed by atoms with Crippen molar-refractivity contribution in [1.29, 1.82) is 0 Å². The summed E-state index contributed by atoms with van der Waals surface area (Å²) in [5.41, 5.74) is 2.55. The van der Waals surface area contributed by atoms with Crippen LogP contribution >= 0.6 is 0 Å². The minimum absolute atomic E-state index is 0.215. The predicted octanol–water partition coefficient (Wildman–Crippen LogP) is 2.90. The van der Waals surface area contributed by atoms with E-state index in [0.29, 0.717) is 24.3 Å². The highest BCUT2D eigenvalue weighted by Crippen LogP contribution is 2.25. The maximum Gasteiger partial charge on any atom is 0.261 e. The van der Waals surface area contributed by atoms with Crippen LogP contribution in [0.3, 0.4) is 0 Å². The van der Waals surface area contributed by atoms with Crippen molar-refractivity contribution >= 4 is 29.3 Å². The van der Waals surface area contributed by atoms with Crippen molar-refractivity contribution in [3.05, 3.63) is 94.8 Å². The Hall–Kier alpha value is -4.37. The third-order valence-corrected chi connectivity index (χ3v) is 5.52. The van der Waals surface area contributed by atoms with Crippen LogP contribution < -0.4 is 10.6 Å². The molecule has 0 saturated carbocycles. The fraction of sp³-hybridized carbons (Fsp3) is 0.192. The number of nitrogens with one attached hydrogen (secondary N) is 2. The Bertz CT molecular complexity index is 1280. The number of fused-ring (bicyclic) bond motifs is 1. The minimum Gasteiger partial charge on any atom is -0.385 e. The first-order valence-electron chi connectivity index (χ1n) is 11.1. The number of rotatable bonds is 9. The number of carbonyl (C=O) groups is 4. The number of amides is 4. The number of pyridine rings is 1. The second-order valence-electron chi connectivity index (χ2n) is 7.95. The Morgan fingerprint density at radius 1 is 0.943 bits per heavy atom. The highest BCUT2D eigenvalue weighted by atomic mass is 16.5. The summed E-state index contributed by atoms with van der Waals surface area (Å²) in [6, 6.07) is 14.9. The molecule has 0 bridgehead atoms. The van der Waals surface area contributed by atoms with Gasteiger partial charge in [-0.25, -0.2) is 0 Å². The number of imide groups is 1. The topological polar surface area (TPSA) is 118 Å². The average molecular weight is 473 g/mol. The molecule has 4 rings (SSSR count). The van der Waals surface area contributed by atoms with Gasteiger partial charge in [0.2, 0.25) is 0 Å². The lowest BCUT2D eigenvalue weighted by Gasteiger charge is -2.12. The predicted molar refractivity (Wildman–Crippen MR) is 128 cm³/mol. The van der Waals surface area contributed by atoms with Gasteiger partial charge in [-0.15, -0.1) is 0 Å². The molecule has 35 heavy (non-hydrogen) atoms. The minimum atomic E-state index is -0.415. The van der Waals surface area contributed by atoms with E-state index in [1.807, 2.05) is 6.07 Å². The zero-order valence-electron chi connectivity index (χ0n) is 19.1. The molecule has 0 radical (unpaired) electrons. The molecule has 9 heteroatoms. The van der Waals surface area contributed by atoms with E-state index in [9.17, 15) is 19.2 Å². The van der Waals surface area contributed by atoms with Gasteiger partial charge >= 0.3 is 0 Å². The van der Waals surface area contributed by atoms with Crippen molar-refractivity contribution in [2.75, 3.05) is 25.6 Å². The van der Waals surface area contributed by atoms with Gasteiger partial charge < -0.3 is 15.4 Å². The molecule has 0 spiro atoms. The molecule has 0 unspecified atom stereocenters. The largest absolute Gasteiger partial charge is 0.385 e. The zero-order chi connectivity index (χ0) is 24.8. The first-order valence-corrected chi connectivity index (χ1v) is 11.1. The summed E-state index contributed by atoms with van der Waals surface area (Å²) in [7, 11) is 1.56. The molecule has 2 heterocycles. The molecule has 9 nitrogen and oxygen atoms in total. The van der Waals surface area contributed by atoms with Crippen molar-refractivity contribution in [1.82, 2.24) is 15.2 Å². The van der Waals surface area contributed by atoms with Crippen LogP contribution in [0.2, 0.25) is 0 Å². The Kier molecular flexibility index (Phi) is 7.27. The third kappa shape index (κ3) is 5.42. The van der Waals surface area contributed by atoms with Gasteiger partial charge in [-0.1, -0.05) is 12.1 Å². The number of methoxy groups -OCH3 is 1. The Balaban J connectivity index is 1.41. The van der Waals surface area contributed by atoms with E-state index in [2.05, 4.69) is 15.6 Å². The number of aromatic nitrogens is 1. The van der Waals surface area contributed by atoms with E-state index < -0.39 is 11.8 Å². The van der Waals surface area contributed by atoms with Crippen molar-refractivity contribution in [2.24, 2.45) is 0 Å². The summed E-state index contributed by atoms with van der Waals surface area (Å²) in [4.78, 5) is 55.4. The highest BCUT2D eigenvalue weighted by molar-refractivity contribution is 6.22. The summed E-state index contributed by atoms with van der Waals surface area (Å²) in [6.07, 6.45) is 3.62. The maximum atomic E-state index is 12.8. The molecule has 0 fully saturated rings. The Morgan fingerprint density at radius 3 is 2.54 bits per heavy atom. The van der Waals surface area contributed by atoms with E-state index in [1.54, 1.807) is 43.6 Å². The molecule has 2 aromatic carbocycles. The van der Waals surface area contributed by atoms with Gasteiger partial charge in [0.15, 0.2) is 0 Å². The smallest absolute Gasteiger partial charge is 0.261 e. The quantitative estimate of drug-likeness (QED) is 0.365. The number of anilines is 1. The number of ether oxygens (including phenoxy) is 1. The van der Waals surface area contributed by atoms with Gasteiger partial charge in [0.1, 0.15) is 0 Å². The lowest BCUT2D eigenvalue weighted by atomic mass is 10.1. The molecule has 4 amide bonds. The van der Waals surface area contributed by atoms with Crippen molar-refractivity contribution < 1.29 is 23.9 Å². The monoisotopic (exact) mass is 472 g/mol. The van der Waals surface area contributed by atoms with Gasteiger partial charge in [-0.3, -0.25) is 29.1 Å². The van der Waals surface area contributed by atoms with Crippen LogP contribution in [-0.4, -0.2) is 53.8 Å². The first kappa shape index (κ1) is 23.8. The number of hydrogen-bond acceptors (Lipinski definition) is 6. The summed E-state index contributed by atoms with van der Waals surface area (Å²) in [5.74, 6) is -1.44. The highest BCUT2D eigenvalue weighted by Gasteiger charge is 2.35. The number of hydrogen-bond donors (Lipinski definition) is 2. The molecule has 0 saturated heterocycles. The van der Waals surface area contributed by atoms with Crippen molar-refractivity contribution in [3.63, 3.8) is 0 Å². The van der Waals surface area contributed by atoms with Crippen LogP contribution in [0.1, 0.15) is 53.4 Å². The standard InChI is InChI=1S/C26H24N4O5/c1-35-12-4-11-30-25(33)21-9-8-18(14-22(21)26(30)34)24(32)29-20-7-2-5-17(13-20)15-28-23(31)19-6-3-10-27-16-19/h2-3,5-10,13-14,16H,4,11-12,15H2,1H3,(H,28,31)(H,29,32). The van der Waals surface area contributed by atoms with Gasteiger partial charge in [0.25, 0.3) is 23.6 Å². The SMILES string of the molecule is COCCCN1C(=O)c2ccc(C(=O)Nc3cccc(CNC(=O)c4cccnc4)c3)cc2C1=O. The molecule has 0 atom stereocenters. The van der Waals surface area contributed by atoms with E-state index in [0.717, 1.165) is 5.56 Å². The Labute approximate surface area is 202 Å². The van der Waals surface area contributed by atoms with Gasteiger partial charge in [-0.2, -0.15) is 0 Å². The summed E-state index contributed by atoms with van der Waals surface area (Å²) < 4.78 is 4.99. The first-order chi connectivity index (χ1) is 17.0. The molecular weight excluding hydrogens is 448 g/mol. The van der Waals surface area contributed by atoms with E-state index in [4.69, 9.17) is 4.74 Å². The van der Waals surface area contributed by atoms with Crippen LogP contribution in [0, 0.1) is 0 Å². The van der Waals surface area contributed by atoms with Crippen molar-refractivity contribution in [3.8, 4) is 0 Å². The molecule has 178 valence electrons. The number of nitrogens with zero attached hydrogens (tertiary/aromatic N) is 2. The number of carbonyl (C=O) groups excluding carboxylic acids is 4. The fourth-order valence-electron chi connectivity index (χ4n) is 3.75.